The number of carbonyl (C=O) groups is 1. The molecule has 0 aliphatic carbocycles. The van der Waals surface area contributed by atoms with Gasteiger partial charge in [0, 0.05) is 18.3 Å². The van der Waals surface area contributed by atoms with Crippen molar-refractivity contribution in [1.29, 1.82) is 0 Å². The van der Waals surface area contributed by atoms with Crippen molar-refractivity contribution in [3.8, 4) is 11.5 Å². The summed E-state index contributed by atoms with van der Waals surface area (Å²) in [6.45, 7) is 7.90. The molecule has 0 amide bonds. The molecule has 170 valence electrons. The van der Waals surface area contributed by atoms with E-state index in [9.17, 15) is 4.79 Å². The van der Waals surface area contributed by atoms with Gasteiger partial charge in [0.05, 0.1) is 13.7 Å². The van der Waals surface area contributed by atoms with Crippen LogP contribution >= 0.6 is 0 Å². The van der Waals surface area contributed by atoms with Crippen molar-refractivity contribution in [2.45, 2.75) is 26.7 Å². The Labute approximate surface area is 191 Å². The Bertz CT molecular complexity index is 884. The van der Waals surface area contributed by atoms with Gasteiger partial charge in [-0.2, -0.15) is 0 Å². The molecule has 0 unspecified atom stereocenters. The molecule has 3 aromatic carbocycles. The van der Waals surface area contributed by atoms with E-state index in [0.29, 0.717) is 18.2 Å². The average molecular weight is 436 g/mol. The summed E-state index contributed by atoms with van der Waals surface area (Å²) >= 11 is 0. The number of rotatable bonds is 8. The van der Waals surface area contributed by atoms with Crippen molar-refractivity contribution in [1.82, 2.24) is 0 Å². The lowest BCUT2D eigenvalue weighted by Crippen LogP contribution is -2.28. The van der Waals surface area contributed by atoms with E-state index in [-0.39, 0.29) is 6.61 Å². The first-order valence-electron chi connectivity index (χ1n) is 10.9. The van der Waals surface area contributed by atoms with E-state index >= 15 is 0 Å². The molecule has 0 aliphatic rings. The van der Waals surface area contributed by atoms with E-state index in [1.54, 1.807) is 19.2 Å². The highest BCUT2D eigenvalue weighted by Crippen LogP contribution is 2.21. The molecule has 0 heterocycles. The van der Waals surface area contributed by atoms with Gasteiger partial charge in [0.15, 0.2) is 0 Å². The summed E-state index contributed by atoms with van der Waals surface area (Å²) in [5, 5.41) is 0. The number of methoxy groups -OCH3 is 1. The van der Waals surface area contributed by atoms with Crippen LogP contribution in [0.1, 0.15) is 32.3 Å². The number of hydrogen-bond acceptors (Lipinski definition) is 5. The summed E-state index contributed by atoms with van der Waals surface area (Å²) < 4.78 is 15.7. The summed E-state index contributed by atoms with van der Waals surface area (Å²) in [6.07, 6.45) is -0.691. The Morgan fingerprint density at radius 1 is 0.875 bits per heavy atom. The number of nitrogens with zero attached hydrogens (tertiary/aromatic N) is 1. The highest BCUT2D eigenvalue weighted by Gasteiger charge is 2.10. The van der Waals surface area contributed by atoms with Gasteiger partial charge in [-0.1, -0.05) is 68.4 Å². The topological polar surface area (TPSA) is 48.0 Å². The number of hydrogen-bond donors (Lipinski definition) is 0. The Hall–Kier alpha value is -3.47. The van der Waals surface area contributed by atoms with Crippen LogP contribution in [0.2, 0.25) is 0 Å². The Balaban J connectivity index is 0.000000520. The molecule has 0 aliphatic heterocycles. The molecular weight excluding hydrogens is 402 g/mol. The third-order valence-corrected chi connectivity index (χ3v) is 4.80. The fraction of sp³-hybridized carbons (Fsp3) is 0.296. The molecule has 0 radical (unpaired) electrons. The molecule has 3 aromatic rings. The maximum atomic E-state index is 11.9. The van der Waals surface area contributed by atoms with Gasteiger partial charge in [-0.05, 0) is 42.7 Å². The zero-order chi connectivity index (χ0) is 23.2. The van der Waals surface area contributed by atoms with Crippen LogP contribution in [0.25, 0.3) is 0 Å². The van der Waals surface area contributed by atoms with Crippen LogP contribution in [-0.2, 0) is 4.74 Å². The van der Waals surface area contributed by atoms with Gasteiger partial charge in [-0.25, -0.2) is 4.79 Å². The van der Waals surface area contributed by atoms with Crippen molar-refractivity contribution in [2.24, 2.45) is 0 Å². The normalized spacial score (nSPS) is 10.0. The van der Waals surface area contributed by atoms with Crippen LogP contribution < -0.4 is 14.4 Å². The lowest BCUT2D eigenvalue weighted by molar-refractivity contribution is 0.101. The molecule has 32 heavy (non-hydrogen) atoms. The second kappa shape index (κ2) is 13.8. The second-order valence-electron chi connectivity index (χ2n) is 7.36. The summed E-state index contributed by atoms with van der Waals surface area (Å²) in [4.78, 5) is 14.0. The first-order chi connectivity index (χ1) is 15.5. The first-order valence-corrected chi connectivity index (χ1v) is 10.9. The zero-order valence-corrected chi connectivity index (χ0v) is 19.4. The molecule has 0 bridgehead atoms. The zero-order valence-electron chi connectivity index (χ0n) is 19.4. The molecule has 5 nitrogen and oxygen atoms in total. The van der Waals surface area contributed by atoms with Gasteiger partial charge in [0.25, 0.3) is 0 Å². The van der Waals surface area contributed by atoms with E-state index < -0.39 is 6.16 Å². The van der Waals surface area contributed by atoms with Crippen molar-refractivity contribution >= 4 is 11.8 Å². The Morgan fingerprint density at radius 2 is 1.50 bits per heavy atom. The van der Waals surface area contributed by atoms with Crippen molar-refractivity contribution in [2.75, 3.05) is 31.7 Å². The molecule has 0 saturated heterocycles. The fourth-order valence-electron chi connectivity index (χ4n) is 2.95. The van der Waals surface area contributed by atoms with Gasteiger partial charge in [-0.15, -0.1) is 0 Å². The minimum absolute atomic E-state index is 0.244. The van der Waals surface area contributed by atoms with Gasteiger partial charge in [-0.3, -0.25) is 0 Å². The molecule has 0 atom stereocenters. The van der Waals surface area contributed by atoms with E-state index in [2.05, 4.69) is 18.7 Å². The summed E-state index contributed by atoms with van der Waals surface area (Å²) in [5.41, 5.74) is 2.22. The van der Waals surface area contributed by atoms with E-state index in [1.165, 1.54) is 5.56 Å². The number of benzene rings is 3. The monoisotopic (exact) mass is 435 g/mol. The van der Waals surface area contributed by atoms with E-state index in [1.807, 2.05) is 79.7 Å². The van der Waals surface area contributed by atoms with Crippen LogP contribution in [0, 0.1) is 0 Å². The minimum Gasteiger partial charge on any atom is -0.497 e. The molecular formula is C27H33NO4. The molecule has 0 spiro atoms. The standard InChI is InChI=1S/C21H27NO4.C6H6/c1-5-22(18-7-6-8-20(15-18)24-4)13-14-25-21(23)26-19-11-9-17(10-12-19)16(2)3;1-2-4-6-5-3-1/h6-12,15-16H,5,13-14H2,1-4H3;1-6H. The van der Waals surface area contributed by atoms with Crippen LogP contribution in [0.3, 0.4) is 0 Å². The van der Waals surface area contributed by atoms with Crippen molar-refractivity contribution < 1.29 is 19.0 Å². The second-order valence-corrected chi connectivity index (χ2v) is 7.36. The predicted octanol–water partition coefficient (Wildman–Crippen LogP) is 6.55. The third kappa shape index (κ3) is 8.72. The maximum absolute atomic E-state index is 11.9. The van der Waals surface area contributed by atoms with E-state index in [4.69, 9.17) is 14.2 Å². The molecule has 0 fully saturated rings. The fourth-order valence-corrected chi connectivity index (χ4v) is 2.95. The summed E-state index contributed by atoms with van der Waals surface area (Å²) in [5.74, 6) is 1.72. The number of likely N-dealkylation sites (N-methyl/N-ethyl adjacent to an activating group) is 1. The van der Waals surface area contributed by atoms with Crippen molar-refractivity contribution in [3.63, 3.8) is 0 Å². The average Bonchev–Trinajstić information content (AvgIpc) is 2.83. The highest BCUT2D eigenvalue weighted by molar-refractivity contribution is 5.63. The Morgan fingerprint density at radius 3 is 2.03 bits per heavy atom. The molecule has 0 saturated carbocycles. The van der Waals surface area contributed by atoms with Crippen LogP contribution in [0.15, 0.2) is 84.9 Å². The lowest BCUT2D eigenvalue weighted by Gasteiger charge is -2.23. The first kappa shape index (κ1) is 24.8. The number of ether oxygens (including phenoxy) is 3. The summed E-state index contributed by atoms with van der Waals surface area (Å²) in [7, 11) is 1.64. The predicted molar refractivity (Wildman–Crippen MR) is 130 cm³/mol. The molecule has 0 aromatic heterocycles. The highest BCUT2D eigenvalue weighted by atomic mass is 16.7. The smallest absolute Gasteiger partial charge is 0.497 e. The molecule has 3 rings (SSSR count). The van der Waals surface area contributed by atoms with E-state index in [0.717, 1.165) is 18.0 Å². The lowest BCUT2D eigenvalue weighted by atomic mass is 10.0. The quantitative estimate of drug-likeness (QED) is 0.297. The molecule has 5 heteroatoms. The largest absolute Gasteiger partial charge is 0.513 e. The Kier molecular flexibility index (Phi) is 10.7. The van der Waals surface area contributed by atoms with Crippen molar-refractivity contribution in [3.05, 3.63) is 90.5 Å². The van der Waals surface area contributed by atoms with Crippen LogP contribution in [0.5, 0.6) is 11.5 Å². The van der Waals surface area contributed by atoms with Gasteiger partial charge in [0.2, 0.25) is 0 Å². The SMILES string of the molecule is CCN(CCOC(=O)Oc1ccc(C(C)C)cc1)c1cccc(OC)c1.c1ccccc1. The maximum Gasteiger partial charge on any atom is 0.513 e. The van der Waals surface area contributed by atoms with Crippen LogP contribution in [-0.4, -0.2) is 33.0 Å². The van der Waals surface area contributed by atoms with Gasteiger partial charge >= 0.3 is 6.16 Å². The van der Waals surface area contributed by atoms with Crippen LogP contribution in [0.4, 0.5) is 10.5 Å². The van der Waals surface area contributed by atoms with Gasteiger partial charge < -0.3 is 19.1 Å². The third-order valence-electron chi connectivity index (χ3n) is 4.80. The minimum atomic E-state index is -0.691. The van der Waals surface area contributed by atoms with Gasteiger partial charge in [0.1, 0.15) is 18.1 Å². The molecule has 0 N–H and O–H groups in total. The summed E-state index contributed by atoms with van der Waals surface area (Å²) in [6, 6.07) is 27.3. The number of carbonyl (C=O) groups excluding carboxylic acids is 1. The number of anilines is 1.